The van der Waals surface area contributed by atoms with Crippen molar-refractivity contribution in [2.75, 3.05) is 45.9 Å². The molecule has 1 saturated heterocycles. The van der Waals surface area contributed by atoms with Crippen molar-refractivity contribution in [1.29, 1.82) is 0 Å². The van der Waals surface area contributed by atoms with Crippen LogP contribution < -0.4 is 23.3 Å². The van der Waals surface area contributed by atoms with Crippen molar-refractivity contribution in [3.8, 4) is 23.0 Å². The average Bonchev–Trinajstić information content (AvgIpc) is 3.12. The zero-order valence-corrected chi connectivity index (χ0v) is 19.6. The van der Waals surface area contributed by atoms with Crippen LogP contribution in [-0.2, 0) is 10.1 Å². The first-order valence-electron chi connectivity index (χ1n) is 10.1. The fourth-order valence-corrected chi connectivity index (χ4v) is 4.42. The van der Waals surface area contributed by atoms with Crippen molar-refractivity contribution in [3.05, 3.63) is 36.4 Å². The lowest BCUT2D eigenvalue weighted by atomic mass is 10.2. The van der Waals surface area contributed by atoms with Crippen molar-refractivity contribution < 1.29 is 31.6 Å². The predicted octanol–water partition coefficient (Wildman–Crippen LogP) is 3.38. The number of nitrogens with zero attached hydrogens (tertiary/aromatic N) is 2. The summed E-state index contributed by atoms with van der Waals surface area (Å²) in [6.07, 6.45) is 0. The van der Waals surface area contributed by atoms with Gasteiger partial charge in [-0.3, -0.25) is 4.90 Å². The summed E-state index contributed by atoms with van der Waals surface area (Å²) in [5, 5.41) is 0. The van der Waals surface area contributed by atoms with Gasteiger partial charge < -0.3 is 23.3 Å². The maximum atomic E-state index is 12.8. The Balaban J connectivity index is 1.80. The second kappa shape index (κ2) is 9.56. The van der Waals surface area contributed by atoms with Gasteiger partial charge in [-0.15, -0.1) is 0 Å². The van der Waals surface area contributed by atoms with Gasteiger partial charge in [0, 0.05) is 37.5 Å². The minimum atomic E-state index is -4.13. The van der Waals surface area contributed by atoms with Crippen LogP contribution in [0.2, 0.25) is 0 Å². The normalized spacial score (nSPS) is 14.1. The Morgan fingerprint density at radius 1 is 0.938 bits per heavy atom. The summed E-state index contributed by atoms with van der Waals surface area (Å²) >= 11 is 0. The fourth-order valence-electron chi connectivity index (χ4n) is 3.51. The van der Waals surface area contributed by atoms with Gasteiger partial charge in [0.25, 0.3) is 0 Å². The van der Waals surface area contributed by atoms with Crippen molar-refractivity contribution in [1.82, 2.24) is 4.90 Å². The van der Waals surface area contributed by atoms with E-state index >= 15 is 0 Å². The highest BCUT2D eigenvalue weighted by molar-refractivity contribution is 7.87. The maximum absolute atomic E-state index is 12.8. The molecule has 0 N–H and O–H groups in total. The zero-order valence-electron chi connectivity index (χ0n) is 18.8. The summed E-state index contributed by atoms with van der Waals surface area (Å²) < 4.78 is 46.6. The van der Waals surface area contributed by atoms with Crippen molar-refractivity contribution in [3.63, 3.8) is 0 Å². The van der Waals surface area contributed by atoms with Crippen molar-refractivity contribution >= 4 is 21.8 Å². The quantitative estimate of drug-likeness (QED) is 0.525. The molecule has 1 heterocycles. The van der Waals surface area contributed by atoms with Crippen LogP contribution >= 0.6 is 0 Å². The summed E-state index contributed by atoms with van der Waals surface area (Å²) in [7, 11) is 0.175. The van der Waals surface area contributed by atoms with Crippen LogP contribution in [0.3, 0.4) is 0 Å². The van der Waals surface area contributed by atoms with Crippen LogP contribution in [0, 0.1) is 5.92 Å². The van der Waals surface area contributed by atoms with Crippen LogP contribution in [-0.4, -0.2) is 60.3 Å². The maximum Gasteiger partial charge on any atom is 0.339 e. The average molecular weight is 465 g/mol. The molecule has 0 saturated carbocycles. The number of rotatable bonds is 9. The predicted molar refractivity (Wildman–Crippen MR) is 120 cm³/mol. The molecule has 0 unspecified atom stereocenters. The molecule has 2 aromatic carbocycles. The summed E-state index contributed by atoms with van der Waals surface area (Å²) in [5.74, 6) is 1.25. The van der Waals surface area contributed by atoms with Gasteiger partial charge in [-0.05, 0) is 30.2 Å². The number of hydrogen-bond donors (Lipinski definition) is 0. The first-order chi connectivity index (χ1) is 15.2. The molecule has 2 aromatic rings. The van der Waals surface area contributed by atoms with E-state index in [4.69, 9.17) is 18.4 Å². The number of hydrogen-bond acceptors (Lipinski definition) is 7. The Morgan fingerprint density at radius 2 is 1.53 bits per heavy atom. The second-order valence-corrected chi connectivity index (χ2v) is 9.21. The van der Waals surface area contributed by atoms with Gasteiger partial charge in [0.15, 0.2) is 17.2 Å². The smallest absolute Gasteiger partial charge is 0.339 e. The number of anilines is 1. The van der Waals surface area contributed by atoms with Gasteiger partial charge in [0.1, 0.15) is 4.90 Å². The monoisotopic (exact) mass is 464 g/mol. The number of urea groups is 1. The van der Waals surface area contributed by atoms with Crippen LogP contribution in [0.4, 0.5) is 10.5 Å². The Kier molecular flexibility index (Phi) is 7.02. The lowest BCUT2D eigenvalue weighted by Crippen LogP contribution is -2.34. The molecule has 2 amide bonds. The van der Waals surface area contributed by atoms with Crippen LogP contribution in [0.15, 0.2) is 41.3 Å². The highest BCUT2D eigenvalue weighted by Gasteiger charge is 2.30. The Labute approximate surface area is 188 Å². The van der Waals surface area contributed by atoms with E-state index in [1.54, 1.807) is 21.9 Å². The topological polar surface area (TPSA) is 94.6 Å². The minimum Gasteiger partial charge on any atom is -0.493 e. The van der Waals surface area contributed by atoms with Gasteiger partial charge in [-0.25, -0.2) is 4.79 Å². The molecule has 0 bridgehead atoms. The van der Waals surface area contributed by atoms with Crippen LogP contribution in [0.5, 0.6) is 23.0 Å². The number of carbonyl (C=O) groups is 1. The van der Waals surface area contributed by atoms with Crippen molar-refractivity contribution in [2.45, 2.75) is 18.7 Å². The van der Waals surface area contributed by atoms with E-state index in [0.29, 0.717) is 37.0 Å². The largest absolute Gasteiger partial charge is 0.493 e. The van der Waals surface area contributed by atoms with Gasteiger partial charge in [0.2, 0.25) is 5.75 Å². The summed E-state index contributed by atoms with van der Waals surface area (Å²) in [6, 6.07) is 8.76. The number of carbonyl (C=O) groups excluding carboxylic acids is 1. The van der Waals surface area contributed by atoms with Gasteiger partial charge in [-0.2, -0.15) is 8.42 Å². The minimum absolute atomic E-state index is 0.0163. The van der Waals surface area contributed by atoms with E-state index in [1.165, 1.54) is 45.6 Å². The van der Waals surface area contributed by atoms with E-state index in [1.807, 2.05) is 0 Å². The Bertz CT molecular complexity index is 1040. The lowest BCUT2D eigenvalue weighted by molar-refractivity contribution is 0.215. The lowest BCUT2D eigenvalue weighted by Gasteiger charge is -2.20. The molecule has 174 valence electrons. The summed E-state index contributed by atoms with van der Waals surface area (Å²) in [4.78, 5) is 16.0. The fraction of sp³-hybridized carbons (Fsp3) is 0.409. The molecule has 0 radical (unpaired) electrons. The standard InChI is InChI=1S/C22H28N2O7S/c1-15(2)14-23-10-11-24(22(23)25)16-6-8-18(9-7-16)32(26,27)31-17-12-19(28-3)21(30-5)20(13-17)29-4/h6-9,12-13,15H,10-11,14H2,1-5H3. The van der Waals surface area contributed by atoms with Crippen LogP contribution in [0.25, 0.3) is 0 Å². The molecule has 0 aromatic heterocycles. The molecule has 3 rings (SSSR count). The molecule has 0 spiro atoms. The number of amides is 2. The zero-order chi connectivity index (χ0) is 23.5. The highest BCUT2D eigenvalue weighted by Crippen LogP contribution is 2.41. The first kappa shape index (κ1) is 23.5. The second-order valence-electron chi connectivity index (χ2n) is 7.67. The molecule has 9 nitrogen and oxygen atoms in total. The highest BCUT2D eigenvalue weighted by atomic mass is 32.2. The Hall–Kier alpha value is -3.14. The van der Waals surface area contributed by atoms with Gasteiger partial charge >= 0.3 is 16.1 Å². The number of ether oxygens (including phenoxy) is 3. The van der Waals surface area contributed by atoms with E-state index in [2.05, 4.69) is 13.8 Å². The molecule has 1 aliphatic rings. The third kappa shape index (κ3) is 4.85. The summed E-state index contributed by atoms with van der Waals surface area (Å²) in [6.45, 7) is 6.00. The molecular formula is C22H28N2O7S. The molecule has 0 aliphatic carbocycles. The summed E-state index contributed by atoms with van der Waals surface area (Å²) in [5.41, 5.74) is 0.632. The number of benzene rings is 2. The third-order valence-corrected chi connectivity index (χ3v) is 6.22. The van der Waals surface area contributed by atoms with E-state index in [-0.39, 0.29) is 28.2 Å². The molecule has 1 fully saturated rings. The molecule has 10 heteroatoms. The molecule has 1 aliphatic heterocycles. The van der Waals surface area contributed by atoms with E-state index in [9.17, 15) is 13.2 Å². The molecule has 32 heavy (non-hydrogen) atoms. The van der Waals surface area contributed by atoms with Crippen molar-refractivity contribution in [2.24, 2.45) is 5.92 Å². The van der Waals surface area contributed by atoms with Gasteiger partial charge in [0.05, 0.1) is 21.3 Å². The number of methoxy groups -OCH3 is 3. The van der Waals surface area contributed by atoms with E-state index < -0.39 is 10.1 Å². The van der Waals surface area contributed by atoms with Gasteiger partial charge in [-0.1, -0.05) is 13.8 Å². The van der Waals surface area contributed by atoms with E-state index in [0.717, 1.165) is 0 Å². The third-order valence-electron chi connectivity index (χ3n) is 4.96. The first-order valence-corrected chi connectivity index (χ1v) is 11.5. The molecule has 0 atom stereocenters. The SMILES string of the molecule is COc1cc(OS(=O)(=O)c2ccc(N3CCN(CC(C)C)C3=O)cc2)cc(OC)c1OC. The Morgan fingerprint density at radius 3 is 2.03 bits per heavy atom. The van der Waals surface area contributed by atoms with Crippen LogP contribution in [0.1, 0.15) is 13.8 Å². The molecular weight excluding hydrogens is 436 g/mol.